The van der Waals surface area contributed by atoms with Crippen LogP contribution in [0.15, 0.2) is 24.3 Å². The van der Waals surface area contributed by atoms with E-state index in [-0.39, 0.29) is 12.3 Å². The highest BCUT2D eigenvalue weighted by Crippen LogP contribution is 2.22. The van der Waals surface area contributed by atoms with Crippen LogP contribution in [0.25, 0.3) is 0 Å². The van der Waals surface area contributed by atoms with Gasteiger partial charge in [-0.1, -0.05) is 24.3 Å². The van der Waals surface area contributed by atoms with Crippen molar-refractivity contribution in [3.8, 4) is 0 Å². The van der Waals surface area contributed by atoms with E-state index in [4.69, 9.17) is 15.2 Å². The van der Waals surface area contributed by atoms with Gasteiger partial charge in [-0.15, -0.1) is 0 Å². The van der Waals surface area contributed by atoms with E-state index in [1.165, 1.54) is 5.56 Å². The minimum atomic E-state index is -0.306. The summed E-state index contributed by atoms with van der Waals surface area (Å²) in [6.07, 6.45) is 0.527. The number of methoxy groups -OCH3 is 2. The Morgan fingerprint density at radius 1 is 1.20 bits per heavy atom. The summed E-state index contributed by atoms with van der Waals surface area (Å²) in [5, 5.41) is 0. The lowest BCUT2D eigenvalue weighted by atomic mass is 10.0. The quantitative estimate of drug-likeness (QED) is 0.753. The zero-order valence-electron chi connectivity index (χ0n) is 9.57. The Morgan fingerprint density at radius 3 is 2.33 bits per heavy atom. The molecule has 0 saturated heterocycles. The van der Waals surface area contributed by atoms with E-state index in [1.54, 1.807) is 14.2 Å². The average Bonchev–Trinajstić information content (AvgIpc) is 2.21. The average molecular weight is 209 g/mol. The molecule has 1 aromatic rings. The van der Waals surface area contributed by atoms with Crippen LogP contribution in [-0.2, 0) is 15.9 Å². The van der Waals surface area contributed by atoms with E-state index >= 15 is 0 Å². The van der Waals surface area contributed by atoms with Crippen molar-refractivity contribution in [3.63, 3.8) is 0 Å². The van der Waals surface area contributed by atoms with Gasteiger partial charge in [-0.3, -0.25) is 0 Å². The molecule has 0 amide bonds. The highest BCUT2D eigenvalue weighted by molar-refractivity contribution is 5.28. The summed E-state index contributed by atoms with van der Waals surface area (Å²) < 4.78 is 10.5. The third kappa shape index (κ3) is 3.30. The Bertz CT molecular complexity index is 295. The predicted octanol–water partition coefficient (Wildman–Crippen LogP) is 1.87. The van der Waals surface area contributed by atoms with Gasteiger partial charge in [0.15, 0.2) is 6.29 Å². The lowest BCUT2D eigenvalue weighted by molar-refractivity contribution is -0.106. The fourth-order valence-corrected chi connectivity index (χ4v) is 1.65. The molecule has 15 heavy (non-hydrogen) atoms. The number of hydrogen-bond acceptors (Lipinski definition) is 3. The van der Waals surface area contributed by atoms with Crippen molar-refractivity contribution in [1.82, 2.24) is 0 Å². The molecule has 1 aromatic carbocycles. The second-order valence-corrected chi connectivity index (χ2v) is 3.68. The smallest absolute Gasteiger partial charge is 0.183 e. The predicted molar refractivity (Wildman–Crippen MR) is 60.6 cm³/mol. The van der Waals surface area contributed by atoms with Gasteiger partial charge < -0.3 is 15.2 Å². The van der Waals surface area contributed by atoms with Crippen molar-refractivity contribution in [2.45, 2.75) is 25.7 Å². The summed E-state index contributed by atoms with van der Waals surface area (Å²) in [5.41, 5.74) is 8.03. The van der Waals surface area contributed by atoms with Gasteiger partial charge in [0, 0.05) is 25.8 Å². The van der Waals surface area contributed by atoms with E-state index in [9.17, 15) is 0 Å². The summed E-state index contributed by atoms with van der Waals surface area (Å²) in [5.74, 6) is 0. The molecule has 0 spiro atoms. The summed E-state index contributed by atoms with van der Waals surface area (Å²) in [6, 6.07) is 8.19. The lowest BCUT2D eigenvalue weighted by Gasteiger charge is -2.18. The normalized spacial score (nSPS) is 13.1. The molecule has 0 aliphatic rings. The van der Waals surface area contributed by atoms with Gasteiger partial charge in [-0.05, 0) is 18.9 Å². The van der Waals surface area contributed by atoms with Crippen molar-refractivity contribution in [2.75, 3.05) is 14.2 Å². The van der Waals surface area contributed by atoms with Crippen LogP contribution < -0.4 is 5.73 Å². The van der Waals surface area contributed by atoms with Crippen LogP contribution in [0, 0.1) is 0 Å². The number of ether oxygens (including phenoxy) is 2. The zero-order valence-corrected chi connectivity index (χ0v) is 9.57. The van der Waals surface area contributed by atoms with Crippen molar-refractivity contribution in [2.24, 2.45) is 5.73 Å². The summed E-state index contributed by atoms with van der Waals surface area (Å²) in [7, 11) is 3.27. The molecule has 3 nitrogen and oxygen atoms in total. The Labute approximate surface area is 91.2 Å². The Morgan fingerprint density at radius 2 is 1.80 bits per heavy atom. The van der Waals surface area contributed by atoms with E-state index in [1.807, 2.05) is 25.1 Å². The molecule has 0 aromatic heterocycles. The van der Waals surface area contributed by atoms with Gasteiger partial charge in [0.2, 0.25) is 0 Å². The molecule has 0 aliphatic carbocycles. The van der Waals surface area contributed by atoms with Crippen LogP contribution in [0.4, 0.5) is 0 Å². The van der Waals surface area contributed by atoms with Gasteiger partial charge in [0.1, 0.15) is 0 Å². The van der Waals surface area contributed by atoms with Crippen LogP contribution in [0.1, 0.15) is 24.3 Å². The first-order valence-electron chi connectivity index (χ1n) is 5.08. The highest BCUT2D eigenvalue weighted by atomic mass is 16.7. The van der Waals surface area contributed by atoms with Gasteiger partial charge in [0.05, 0.1) is 0 Å². The number of rotatable bonds is 5. The summed E-state index contributed by atoms with van der Waals surface area (Å²) in [4.78, 5) is 0. The fourth-order valence-electron chi connectivity index (χ4n) is 1.65. The van der Waals surface area contributed by atoms with E-state index in [0.717, 1.165) is 12.0 Å². The van der Waals surface area contributed by atoms with E-state index in [2.05, 4.69) is 6.07 Å². The monoisotopic (exact) mass is 209 g/mol. The molecule has 0 fully saturated rings. The van der Waals surface area contributed by atoms with E-state index in [0.29, 0.717) is 0 Å². The maximum absolute atomic E-state index is 5.79. The first-order chi connectivity index (χ1) is 7.19. The van der Waals surface area contributed by atoms with Crippen LogP contribution in [0.3, 0.4) is 0 Å². The van der Waals surface area contributed by atoms with Crippen molar-refractivity contribution >= 4 is 0 Å². The van der Waals surface area contributed by atoms with E-state index < -0.39 is 0 Å². The van der Waals surface area contributed by atoms with Crippen molar-refractivity contribution in [3.05, 3.63) is 35.4 Å². The third-order valence-electron chi connectivity index (χ3n) is 2.28. The molecule has 0 aliphatic heterocycles. The molecular weight excluding hydrogens is 190 g/mol. The van der Waals surface area contributed by atoms with Crippen LogP contribution in [0.5, 0.6) is 0 Å². The maximum Gasteiger partial charge on any atom is 0.183 e. The van der Waals surface area contributed by atoms with Crippen LogP contribution in [0.2, 0.25) is 0 Å². The number of benzene rings is 1. The molecule has 1 unspecified atom stereocenters. The maximum atomic E-state index is 5.79. The molecular formula is C12H19NO2. The first kappa shape index (κ1) is 12.2. The van der Waals surface area contributed by atoms with Gasteiger partial charge in [-0.2, -0.15) is 0 Å². The minimum absolute atomic E-state index is 0.139. The second kappa shape index (κ2) is 5.85. The van der Waals surface area contributed by atoms with Crippen LogP contribution in [-0.4, -0.2) is 20.3 Å². The molecule has 0 bridgehead atoms. The largest absolute Gasteiger partial charge is 0.352 e. The SMILES string of the molecule is COC(OC)c1ccccc1CC(C)N. The van der Waals surface area contributed by atoms with Gasteiger partial charge in [0.25, 0.3) is 0 Å². The molecule has 0 radical (unpaired) electrons. The Hall–Kier alpha value is -0.900. The lowest BCUT2D eigenvalue weighted by Crippen LogP contribution is -2.19. The standard InChI is InChI=1S/C12H19NO2/c1-9(13)8-10-6-4-5-7-11(10)12(14-2)15-3/h4-7,9,12H,8,13H2,1-3H3. The molecule has 84 valence electrons. The highest BCUT2D eigenvalue weighted by Gasteiger charge is 2.13. The number of nitrogens with two attached hydrogens (primary N) is 1. The van der Waals surface area contributed by atoms with Crippen molar-refractivity contribution < 1.29 is 9.47 Å². The molecule has 3 heteroatoms. The Kier molecular flexibility index (Phi) is 4.75. The molecule has 0 saturated carbocycles. The van der Waals surface area contributed by atoms with Gasteiger partial charge >= 0.3 is 0 Å². The topological polar surface area (TPSA) is 44.5 Å². The molecule has 2 N–H and O–H groups in total. The second-order valence-electron chi connectivity index (χ2n) is 3.68. The van der Waals surface area contributed by atoms with Gasteiger partial charge in [-0.25, -0.2) is 0 Å². The molecule has 1 rings (SSSR count). The minimum Gasteiger partial charge on any atom is -0.352 e. The Balaban J connectivity index is 2.94. The summed E-state index contributed by atoms with van der Waals surface area (Å²) in [6.45, 7) is 1.99. The molecule has 0 heterocycles. The number of hydrogen-bond donors (Lipinski definition) is 1. The fraction of sp³-hybridized carbons (Fsp3) is 0.500. The van der Waals surface area contributed by atoms with Crippen molar-refractivity contribution in [1.29, 1.82) is 0 Å². The third-order valence-corrected chi connectivity index (χ3v) is 2.28. The first-order valence-corrected chi connectivity index (χ1v) is 5.08. The summed E-state index contributed by atoms with van der Waals surface area (Å²) >= 11 is 0. The zero-order chi connectivity index (χ0) is 11.3. The van der Waals surface area contributed by atoms with Crippen LogP contribution >= 0.6 is 0 Å². The molecule has 1 atom stereocenters.